The van der Waals surface area contributed by atoms with E-state index in [1.807, 2.05) is 59.4 Å². The van der Waals surface area contributed by atoms with Gasteiger partial charge in [0.2, 0.25) is 11.6 Å². The molecule has 2 aromatic heterocycles. The van der Waals surface area contributed by atoms with Crippen LogP contribution in [-0.4, -0.2) is 42.5 Å². The van der Waals surface area contributed by atoms with Crippen molar-refractivity contribution >= 4 is 28.2 Å². The van der Waals surface area contributed by atoms with E-state index in [4.69, 9.17) is 0 Å². The molecule has 0 bridgehead atoms. The molecule has 3 aromatic rings. The molecule has 4 rings (SSSR count). The smallest absolute Gasteiger partial charge is 0.242 e. The van der Waals surface area contributed by atoms with Gasteiger partial charge in [0.15, 0.2) is 0 Å². The number of nitrogens with one attached hydrogen (secondary N) is 1. The minimum atomic E-state index is 0.128. The van der Waals surface area contributed by atoms with Crippen molar-refractivity contribution in [1.29, 1.82) is 0 Å². The van der Waals surface area contributed by atoms with Gasteiger partial charge in [-0.15, -0.1) is 16.6 Å². The molecular formula is C21H21N4O-. The van der Waals surface area contributed by atoms with Crippen LogP contribution in [0.1, 0.15) is 5.56 Å². The fourth-order valence-corrected chi connectivity index (χ4v) is 3.27. The number of fused-ring (bicyclic) bond motifs is 1. The second-order valence-corrected chi connectivity index (χ2v) is 6.46. The number of pyridine rings is 1. The molecule has 0 radical (unpaired) electrons. The molecule has 1 aliphatic heterocycles. The molecule has 0 saturated heterocycles. The maximum atomic E-state index is 12.6. The van der Waals surface area contributed by atoms with Crippen LogP contribution in [0.15, 0.2) is 60.9 Å². The first kappa shape index (κ1) is 16.3. The van der Waals surface area contributed by atoms with E-state index in [1.54, 1.807) is 6.20 Å². The fraction of sp³-hybridized carbons (Fsp3) is 0.190. The Hall–Kier alpha value is -3.21. The zero-order chi connectivity index (χ0) is 17.9. The number of para-hydroxylation sites is 1. The number of H-pyrrole nitrogens is 1. The third kappa shape index (κ3) is 3.16. The molecule has 0 fully saturated rings. The largest absolute Gasteiger partial charge is 0.365 e. The molecule has 26 heavy (non-hydrogen) atoms. The zero-order valence-electron chi connectivity index (χ0n) is 14.7. The van der Waals surface area contributed by atoms with Crippen LogP contribution in [0.2, 0.25) is 0 Å². The Kier molecular flexibility index (Phi) is 4.35. The SMILES string of the molecule is CN(CC(=O)N1CC=C(c2c[nH+][c-]3ncccc23)[CH-]C1)c1ccccc1. The monoisotopic (exact) mass is 345 g/mol. The van der Waals surface area contributed by atoms with Gasteiger partial charge in [-0.3, -0.25) is 4.79 Å². The number of hydrogen-bond donors (Lipinski definition) is 0. The second kappa shape index (κ2) is 6.96. The number of nitrogens with zero attached hydrogens (tertiary/aromatic N) is 3. The maximum Gasteiger partial charge on any atom is 0.242 e. The molecule has 1 aromatic carbocycles. The molecule has 132 valence electrons. The van der Waals surface area contributed by atoms with E-state index >= 15 is 0 Å². The topological polar surface area (TPSA) is 50.6 Å². The lowest BCUT2D eigenvalue weighted by molar-refractivity contribution is -0.344. The van der Waals surface area contributed by atoms with Gasteiger partial charge in [0.25, 0.3) is 0 Å². The standard InChI is InChI=1S/C21H21N4O/c1-24(17-6-3-2-4-7-17)15-20(26)25-12-9-16(10-13-25)19-14-23-21-18(19)8-5-11-22-21/h2-11,14,23H,12-13,15H2,1H3/q-1. The van der Waals surface area contributed by atoms with Crippen molar-refractivity contribution in [2.75, 3.05) is 31.6 Å². The number of aromatic amines is 1. The fourth-order valence-electron chi connectivity index (χ4n) is 3.27. The highest BCUT2D eigenvalue weighted by Crippen LogP contribution is 2.26. The molecule has 5 nitrogen and oxygen atoms in total. The maximum absolute atomic E-state index is 12.6. The molecule has 0 atom stereocenters. The van der Waals surface area contributed by atoms with E-state index < -0.39 is 0 Å². The van der Waals surface area contributed by atoms with Gasteiger partial charge >= 0.3 is 0 Å². The van der Waals surface area contributed by atoms with E-state index in [2.05, 4.69) is 28.5 Å². The third-order valence-electron chi connectivity index (χ3n) is 4.75. The lowest BCUT2D eigenvalue weighted by atomic mass is 9.99. The Morgan fingerprint density at radius 1 is 1.31 bits per heavy atom. The van der Waals surface area contributed by atoms with Gasteiger partial charge in [-0.25, -0.2) is 0 Å². The van der Waals surface area contributed by atoms with Crippen molar-refractivity contribution in [3.8, 4) is 0 Å². The summed E-state index contributed by atoms with van der Waals surface area (Å²) in [5.74, 6) is 0.128. The van der Waals surface area contributed by atoms with Crippen LogP contribution in [0, 0.1) is 6.42 Å². The number of rotatable bonds is 4. The summed E-state index contributed by atoms with van der Waals surface area (Å²) in [6, 6.07) is 14.0. The minimum absolute atomic E-state index is 0.128. The zero-order valence-corrected chi connectivity index (χ0v) is 14.7. The van der Waals surface area contributed by atoms with Crippen LogP contribution in [0.25, 0.3) is 16.6 Å². The summed E-state index contributed by atoms with van der Waals surface area (Å²) < 4.78 is 0. The van der Waals surface area contributed by atoms with Gasteiger partial charge < -0.3 is 14.8 Å². The second-order valence-electron chi connectivity index (χ2n) is 6.46. The highest BCUT2D eigenvalue weighted by molar-refractivity contribution is 5.92. The van der Waals surface area contributed by atoms with Gasteiger partial charge in [-0.2, -0.15) is 18.1 Å². The number of likely N-dealkylation sites (N-methyl/N-ethyl adjacent to an activating group) is 1. The number of amides is 1. The summed E-state index contributed by atoms with van der Waals surface area (Å²) in [7, 11) is 1.95. The molecule has 0 aliphatic carbocycles. The van der Waals surface area contributed by atoms with Crippen LogP contribution in [0.3, 0.4) is 0 Å². The molecular weight excluding hydrogens is 324 g/mol. The van der Waals surface area contributed by atoms with Crippen LogP contribution < -0.4 is 9.88 Å². The van der Waals surface area contributed by atoms with Gasteiger partial charge in [-0.05, 0) is 31.4 Å². The molecule has 1 N–H and O–H groups in total. The van der Waals surface area contributed by atoms with Gasteiger partial charge in [-0.1, -0.05) is 29.7 Å². The van der Waals surface area contributed by atoms with Crippen molar-refractivity contribution in [3.05, 3.63) is 72.9 Å². The lowest BCUT2D eigenvalue weighted by Crippen LogP contribution is -2.41. The van der Waals surface area contributed by atoms with E-state index in [0.29, 0.717) is 19.6 Å². The first-order valence-electron chi connectivity index (χ1n) is 8.72. The average molecular weight is 345 g/mol. The quantitative estimate of drug-likeness (QED) is 0.682. The highest BCUT2D eigenvalue weighted by atomic mass is 16.2. The van der Waals surface area contributed by atoms with Gasteiger partial charge in [0.05, 0.1) is 12.7 Å². The molecule has 1 amide bonds. The number of aromatic nitrogens is 2. The predicted molar refractivity (Wildman–Crippen MR) is 102 cm³/mol. The van der Waals surface area contributed by atoms with Crippen molar-refractivity contribution in [1.82, 2.24) is 9.88 Å². The Morgan fingerprint density at radius 2 is 2.15 bits per heavy atom. The van der Waals surface area contributed by atoms with Crippen LogP contribution in [0.4, 0.5) is 5.69 Å². The van der Waals surface area contributed by atoms with E-state index in [0.717, 1.165) is 27.9 Å². The summed E-state index contributed by atoms with van der Waals surface area (Å²) >= 11 is 0. The Balaban J connectivity index is 1.43. The Labute approximate surface area is 153 Å². The van der Waals surface area contributed by atoms with Gasteiger partial charge in [0, 0.05) is 12.7 Å². The normalized spacial score (nSPS) is 14.0. The van der Waals surface area contributed by atoms with Crippen LogP contribution in [-0.2, 0) is 4.79 Å². The van der Waals surface area contributed by atoms with E-state index in [1.165, 1.54) is 0 Å². The van der Waals surface area contributed by atoms with E-state index in [-0.39, 0.29) is 5.91 Å². The lowest BCUT2D eigenvalue weighted by Gasteiger charge is -2.33. The summed E-state index contributed by atoms with van der Waals surface area (Å²) in [6.07, 6.45) is 7.99. The van der Waals surface area contributed by atoms with Crippen LogP contribution in [0.5, 0.6) is 0 Å². The van der Waals surface area contributed by atoms with Crippen molar-refractivity contribution in [3.63, 3.8) is 0 Å². The average Bonchev–Trinajstić information content (AvgIpc) is 3.13. The Morgan fingerprint density at radius 3 is 2.92 bits per heavy atom. The Bertz CT molecular complexity index is 945. The number of anilines is 1. The number of hydrogen-bond acceptors (Lipinski definition) is 3. The van der Waals surface area contributed by atoms with Crippen molar-refractivity contribution < 1.29 is 9.78 Å². The molecule has 1 aliphatic rings. The number of carbonyl (C=O) groups excluding carboxylic acids is 1. The molecule has 3 heterocycles. The van der Waals surface area contributed by atoms with Crippen molar-refractivity contribution in [2.45, 2.75) is 0 Å². The molecule has 0 spiro atoms. The predicted octanol–water partition coefficient (Wildman–Crippen LogP) is 2.33. The third-order valence-corrected chi connectivity index (χ3v) is 4.75. The highest BCUT2D eigenvalue weighted by Gasteiger charge is 2.16. The molecule has 0 saturated carbocycles. The number of carbonyl (C=O) groups is 1. The first-order chi connectivity index (χ1) is 12.7. The van der Waals surface area contributed by atoms with Crippen LogP contribution >= 0.6 is 0 Å². The van der Waals surface area contributed by atoms with Crippen molar-refractivity contribution in [2.24, 2.45) is 0 Å². The summed E-state index contributed by atoms with van der Waals surface area (Å²) in [5, 5.41) is 1.11. The molecule has 5 heteroatoms. The first-order valence-corrected chi connectivity index (χ1v) is 8.72. The summed E-state index contributed by atoms with van der Waals surface area (Å²) in [5.41, 5.74) is 4.23. The molecule has 0 unspecified atom stereocenters. The van der Waals surface area contributed by atoms with E-state index in [9.17, 15) is 4.79 Å². The minimum Gasteiger partial charge on any atom is -0.365 e. The van der Waals surface area contributed by atoms with Gasteiger partial charge in [0.1, 0.15) is 0 Å². The number of benzene rings is 1. The summed E-state index contributed by atoms with van der Waals surface area (Å²) in [4.78, 5) is 24.0. The summed E-state index contributed by atoms with van der Waals surface area (Å²) in [6.45, 7) is 1.62.